The molecule has 6 nitrogen and oxygen atoms in total. The molecule has 21 heavy (non-hydrogen) atoms. The fourth-order valence-electron chi connectivity index (χ4n) is 2.55. The number of carbonyl (C=O) groups excluding carboxylic acids is 2. The van der Waals surface area contributed by atoms with Gasteiger partial charge < -0.3 is 15.4 Å². The van der Waals surface area contributed by atoms with Crippen LogP contribution in [0, 0.1) is 5.92 Å². The molecule has 2 unspecified atom stereocenters. The molecule has 0 aliphatic carbocycles. The average molecular weight is 299 g/mol. The van der Waals surface area contributed by atoms with Crippen molar-refractivity contribution in [3.63, 3.8) is 0 Å². The van der Waals surface area contributed by atoms with E-state index in [1.54, 1.807) is 0 Å². The summed E-state index contributed by atoms with van der Waals surface area (Å²) >= 11 is 0. The molecule has 0 aromatic rings. The molecule has 1 aliphatic heterocycles. The Morgan fingerprint density at radius 1 is 1.14 bits per heavy atom. The van der Waals surface area contributed by atoms with Gasteiger partial charge in [0, 0.05) is 38.1 Å². The molecule has 0 aromatic heterocycles. The molecule has 0 radical (unpaired) electrons. The van der Waals surface area contributed by atoms with E-state index in [1.807, 2.05) is 23.6 Å². The van der Waals surface area contributed by atoms with E-state index >= 15 is 0 Å². The number of amides is 1. The highest BCUT2D eigenvalue weighted by atomic mass is 16.5. The van der Waals surface area contributed by atoms with E-state index in [4.69, 9.17) is 5.73 Å². The number of rotatable bonds is 7. The van der Waals surface area contributed by atoms with Crippen molar-refractivity contribution < 1.29 is 14.3 Å². The van der Waals surface area contributed by atoms with Crippen LogP contribution in [0.2, 0.25) is 0 Å². The normalized spacial score (nSPS) is 19.1. The molecule has 1 saturated heterocycles. The maximum atomic E-state index is 12.3. The standard InChI is InChI=1S/C15H29N3O3/c1-12(5-4-6-13(2)16)15(20)18-9-7-17(8-10-18)11-14(19)21-3/h12-13H,4-11,16H2,1-3H3. The van der Waals surface area contributed by atoms with Crippen LogP contribution in [-0.4, -0.2) is 67.6 Å². The summed E-state index contributed by atoms with van der Waals surface area (Å²) in [6.07, 6.45) is 2.85. The molecular weight excluding hydrogens is 270 g/mol. The van der Waals surface area contributed by atoms with E-state index in [1.165, 1.54) is 7.11 Å². The third-order valence-electron chi connectivity index (χ3n) is 3.98. The topological polar surface area (TPSA) is 75.9 Å². The van der Waals surface area contributed by atoms with Crippen LogP contribution in [0.3, 0.4) is 0 Å². The van der Waals surface area contributed by atoms with Crippen LogP contribution >= 0.6 is 0 Å². The Bertz CT molecular complexity index is 339. The Kier molecular flexibility index (Phi) is 7.67. The maximum absolute atomic E-state index is 12.3. The summed E-state index contributed by atoms with van der Waals surface area (Å²) in [4.78, 5) is 27.5. The molecule has 1 rings (SSSR count). The lowest BCUT2D eigenvalue weighted by molar-refractivity contribution is -0.143. The van der Waals surface area contributed by atoms with Crippen LogP contribution in [0.25, 0.3) is 0 Å². The molecular formula is C15H29N3O3. The lowest BCUT2D eigenvalue weighted by Gasteiger charge is -2.35. The van der Waals surface area contributed by atoms with Crippen LogP contribution < -0.4 is 5.73 Å². The molecule has 1 aliphatic rings. The molecule has 1 heterocycles. The second kappa shape index (κ2) is 9.00. The number of hydrogen-bond acceptors (Lipinski definition) is 5. The lowest BCUT2D eigenvalue weighted by Crippen LogP contribution is -2.51. The van der Waals surface area contributed by atoms with Gasteiger partial charge in [0.1, 0.15) is 0 Å². The smallest absolute Gasteiger partial charge is 0.319 e. The van der Waals surface area contributed by atoms with E-state index in [2.05, 4.69) is 4.74 Å². The number of carbonyl (C=O) groups is 2. The Balaban J connectivity index is 2.29. The van der Waals surface area contributed by atoms with Crippen molar-refractivity contribution in [2.75, 3.05) is 39.8 Å². The molecule has 6 heteroatoms. The van der Waals surface area contributed by atoms with Gasteiger partial charge in [0.2, 0.25) is 5.91 Å². The molecule has 0 spiro atoms. The number of nitrogens with zero attached hydrogens (tertiary/aromatic N) is 2. The zero-order chi connectivity index (χ0) is 15.8. The lowest BCUT2D eigenvalue weighted by atomic mass is 10.0. The van der Waals surface area contributed by atoms with Crippen molar-refractivity contribution >= 4 is 11.9 Å². The van der Waals surface area contributed by atoms with Crippen LogP contribution in [0.1, 0.15) is 33.1 Å². The van der Waals surface area contributed by atoms with Crippen molar-refractivity contribution in [2.45, 2.75) is 39.2 Å². The second-order valence-corrected chi connectivity index (χ2v) is 5.99. The Labute approximate surface area is 127 Å². The molecule has 0 saturated carbocycles. The molecule has 0 aromatic carbocycles. The summed E-state index contributed by atoms with van der Waals surface area (Å²) in [5.41, 5.74) is 5.73. The van der Waals surface area contributed by atoms with E-state index in [-0.39, 0.29) is 23.8 Å². The number of piperazine rings is 1. The van der Waals surface area contributed by atoms with Gasteiger partial charge in [0.15, 0.2) is 0 Å². The van der Waals surface area contributed by atoms with Crippen LogP contribution in [0.15, 0.2) is 0 Å². The van der Waals surface area contributed by atoms with Crippen LogP contribution in [-0.2, 0) is 14.3 Å². The summed E-state index contributed by atoms with van der Waals surface area (Å²) in [6, 6.07) is 0.203. The number of ether oxygens (including phenoxy) is 1. The van der Waals surface area contributed by atoms with E-state index in [9.17, 15) is 9.59 Å². The highest BCUT2D eigenvalue weighted by Gasteiger charge is 2.25. The minimum Gasteiger partial charge on any atom is -0.468 e. The zero-order valence-electron chi connectivity index (χ0n) is 13.5. The van der Waals surface area contributed by atoms with Crippen molar-refractivity contribution in [3.05, 3.63) is 0 Å². The maximum Gasteiger partial charge on any atom is 0.319 e. The quantitative estimate of drug-likeness (QED) is 0.691. The van der Waals surface area contributed by atoms with Gasteiger partial charge in [-0.25, -0.2) is 0 Å². The molecule has 2 N–H and O–H groups in total. The SMILES string of the molecule is COC(=O)CN1CCN(C(=O)C(C)CCCC(C)N)CC1. The first-order chi connectivity index (χ1) is 9.93. The van der Waals surface area contributed by atoms with E-state index in [0.29, 0.717) is 19.6 Å². The van der Waals surface area contributed by atoms with Gasteiger partial charge in [-0.05, 0) is 19.8 Å². The molecule has 2 atom stereocenters. The third kappa shape index (κ3) is 6.44. The van der Waals surface area contributed by atoms with Crippen LogP contribution in [0.4, 0.5) is 0 Å². The highest BCUT2D eigenvalue weighted by Crippen LogP contribution is 2.14. The van der Waals surface area contributed by atoms with Gasteiger partial charge in [-0.2, -0.15) is 0 Å². The van der Waals surface area contributed by atoms with Gasteiger partial charge in [-0.15, -0.1) is 0 Å². The van der Waals surface area contributed by atoms with Crippen molar-refractivity contribution in [2.24, 2.45) is 11.7 Å². The number of esters is 1. The third-order valence-corrected chi connectivity index (χ3v) is 3.98. The Morgan fingerprint density at radius 3 is 2.29 bits per heavy atom. The fourth-order valence-corrected chi connectivity index (χ4v) is 2.55. The van der Waals surface area contributed by atoms with E-state index in [0.717, 1.165) is 32.4 Å². The first-order valence-electron chi connectivity index (χ1n) is 7.77. The van der Waals surface area contributed by atoms with Crippen LogP contribution in [0.5, 0.6) is 0 Å². The molecule has 0 bridgehead atoms. The molecule has 1 amide bonds. The van der Waals surface area contributed by atoms with Crippen molar-refractivity contribution in [1.29, 1.82) is 0 Å². The summed E-state index contributed by atoms with van der Waals surface area (Å²) in [5.74, 6) is 0.0485. The summed E-state index contributed by atoms with van der Waals surface area (Å²) < 4.78 is 4.66. The monoisotopic (exact) mass is 299 g/mol. The number of nitrogens with two attached hydrogens (primary N) is 1. The van der Waals surface area contributed by atoms with Crippen molar-refractivity contribution in [3.8, 4) is 0 Å². The molecule has 122 valence electrons. The van der Waals surface area contributed by atoms with E-state index < -0.39 is 0 Å². The predicted molar refractivity (Wildman–Crippen MR) is 81.7 cm³/mol. The van der Waals surface area contributed by atoms with Gasteiger partial charge in [0.05, 0.1) is 13.7 Å². The average Bonchev–Trinajstić information content (AvgIpc) is 2.46. The summed E-state index contributed by atoms with van der Waals surface area (Å²) in [5, 5.41) is 0. The highest BCUT2D eigenvalue weighted by molar-refractivity contribution is 5.78. The number of methoxy groups -OCH3 is 1. The second-order valence-electron chi connectivity index (χ2n) is 5.99. The summed E-state index contributed by atoms with van der Waals surface area (Å²) in [7, 11) is 1.39. The minimum absolute atomic E-state index is 0.0518. The minimum atomic E-state index is -0.223. The summed E-state index contributed by atoms with van der Waals surface area (Å²) in [6.45, 7) is 7.13. The Morgan fingerprint density at radius 2 is 1.76 bits per heavy atom. The first-order valence-corrected chi connectivity index (χ1v) is 7.77. The molecule has 1 fully saturated rings. The van der Waals surface area contributed by atoms with Gasteiger partial charge >= 0.3 is 5.97 Å². The fraction of sp³-hybridized carbons (Fsp3) is 0.867. The predicted octanol–water partition coefficient (Wildman–Crippen LogP) is 0.457. The Hall–Kier alpha value is -1.14. The van der Waals surface area contributed by atoms with Crippen molar-refractivity contribution in [1.82, 2.24) is 9.80 Å². The zero-order valence-corrected chi connectivity index (χ0v) is 13.5. The number of hydrogen-bond donors (Lipinski definition) is 1. The van der Waals surface area contributed by atoms with Gasteiger partial charge in [-0.1, -0.05) is 13.3 Å². The van der Waals surface area contributed by atoms with Gasteiger partial charge in [0.25, 0.3) is 0 Å². The largest absolute Gasteiger partial charge is 0.468 e. The first kappa shape index (κ1) is 17.9. The van der Waals surface area contributed by atoms with Gasteiger partial charge in [-0.3, -0.25) is 14.5 Å².